The van der Waals surface area contributed by atoms with Crippen LogP contribution in [0, 0.1) is 0 Å². The van der Waals surface area contributed by atoms with Crippen LogP contribution in [0.15, 0.2) is 46.9 Å². The van der Waals surface area contributed by atoms with Gasteiger partial charge in [0.15, 0.2) is 0 Å². The third-order valence-electron chi connectivity index (χ3n) is 3.88. The van der Waals surface area contributed by atoms with Crippen molar-refractivity contribution in [1.29, 1.82) is 0 Å². The van der Waals surface area contributed by atoms with Gasteiger partial charge < -0.3 is 19.7 Å². The number of phenols is 2. The molecule has 3 N–H and O–H groups in total. The van der Waals surface area contributed by atoms with Crippen molar-refractivity contribution in [2.45, 2.75) is 6.92 Å². The van der Waals surface area contributed by atoms with Gasteiger partial charge in [0.1, 0.15) is 23.0 Å². The summed E-state index contributed by atoms with van der Waals surface area (Å²) in [6, 6.07) is 9.87. The maximum absolute atomic E-state index is 9.91. The van der Waals surface area contributed by atoms with E-state index in [4.69, 9.17) is 9.47 Å². The molecule has 0 unspecified atom stereocenters. The van der Waals surface area contributed by atoms with E-state index >= 15 is 0 Å². The Morgan fingerprint density at radius 1 is 1.11 bits per heavy atom. The first-order valence-corrected chi connectivity index (χ1v) is 8.90. The molecule has 0 saturated heterocycles. The number of aromatic nitrogens is 1. The van der Waals surface area contributed by atoms with Crippen LogP contribution in [0.1, 0.15) is 12.5 Å². The van der Waals surface area contributed by atoms with E-state index in [2.05, 4.69) is 15.5 Å². The molecule has 7 nitrogen and oxygen atoms in total. The molecule has 0 radical (unpaired) electrons. The number of phenolic OH excluding ortho intramolecular Hbond substituents is 2. The zero-order valence-electron chi connectivity index (χ0n) is 15.1. The summed E-state index contributed by atoms with van der Waals surface area (Å²) in [6.45, 7) is 1.75. The summed E-state index contributed by atoms with van der Waals surface area (Å²) in [5.41, 5.74) is 5.52. The summed E-state index contributed by atoms with van der Waals surface area (Å²) in [5.74, 6) is 1.36. The molecule has 0 amide bonds. The highest BCUT2D eigenvalue weighted by molar-refractivity contribution is 7.14. The molecule has 0 aliphatic carbocycles. The van der Waals surface area contributed by atoms with Gasteiger partial charge in [-0.05, 0) is 37.3 Å². The predicted molar refractivity (Wildman–Crippen MR) is 106 cm³/mol. The maximum Gasteiger partial charge on any atom is 0.203 e. The van der Waals surface area contributed by atoms with Gasteiger partial charge in [-0.25, -0.2) is 4.98 Å². The van der Waals surface area contributed by atoms with E-state index in [0.29, 0.717) is 27.9 Å². The monoisotopic (exact) mass is 385 g/mol. The summed E-state index contributed by atoms with van der Waals surface area (Å²) in [7, 11) is 3.21. The van der Waals surface area contributed by atoms with Crippen molar-refractivity contribution in [1.82, 2.24) is 4.98 Å². The van der Waals surface area contributed by atoms with Crippen molar-refractivity contribution in [3.63, 3.8) is 0 Å². The number of rotatable bonds is 6. The third kappa shape index (κ3) is 4.12. The van der Waals surface area contributed by atoms with E-state index in [9.17, 15) is 10.2 Å². The number of hydrazone groups is 1. The van der Waals surface area contributed by atoms with Gasteiger partial charge >= 0.3 is 0 Å². The number of aromatic hydroxyl groups is 2. The van der Waals surface area contributed by atoms with Crippen molar-refractivity contribution in [2.75, 3.05) is 19.6 Å². The average Bonchev–Trinajstić information content (AvgIpc) is 3.14. The molecule has 27 heavy (non-hydrogen) atoms. The van der Waals surface area contributed by atoms with Crippen LogP contribution in [-0.4, -0.2) is 35.1 Å². The van der Waals surface area contributed by atoms with Crippen molar-refractivity contribution >= 4 is 22.2 Å². The fraction of sp³-hybridized carbons (Fsp3) is 0.158. The Hall–Kier alpha value is -3.26. The lowest BCUT2D eigenvalue weighted by atomic mass is 10.1. The van der Waals surface area contributed by atoms with Gasteiger partial charge in [-0.3, -0.25) is 5.43 Å². The molecule has 0 aliphatic rings. The number of nitrogens with one attached hydrogen (secondary N) is 1. The van der Waals surface area contributed by atoms with Crippen LogP contribution < -0.4 is 14.9 Å². The van der Waals surface area contributed by atoms with Crippen LogP contribution in [0.4, 0.5) is 5.13 Å². The highest BCUT2D eigenvalue weighted by Crippen LogP contribution is 2.35. The summed E-state index contributed by atoms with van der Waals surface area (Å²) in [6.07, 6.45) is 0. The number of hydrogen-bond donors (Lipinski definition) is 3. The van der Waals surface area contributed by atoms with E-state index in [1.165, 1.54) is 23.5 Å². The second-order valence-electron chi connectivity index (χ2n) is 5.61. The lowest BCUT2D eigenvalue weighted by Gasteiger charge is -2.08. The minimum absolute atomic E-state index is 0.00573. The first-order valence-electron chi connectivity index (χ1n) is 8.02. The SMILES string of the molecule is COc1ccc(OC)c(-c2csc(N/N=C(\C)c3ccc(O)cc3O)n2)c1. The largest absolute Gasteiger partial charge is 0.508 e. The first-order chi connectivity index (χ1) is 13.0. The molecule has 1 heterocycles. The molecule has 8 heteroatoms. The topological polar surface area (TPSA) is 96.2 Å². The van der Waals surface area contributed by atoms with Gasteiger partial charge in [-0.2, -0.15) is 5.10 Å². The Morgan fingerprint density at radius 2 is 1.93 bits per heavy atom. The van der Waals surface area contributed by atoms with Crippen molar-refractivity contribution in [3.05, 3.63) is 47.3 Å². The van der Waals surface area contributed by atoms with Crippen molar-refractivity contribution < 1.29 is 19.7 Å². The number of benzene rings is 2. The summed E-state index contributed by atoms with van der Waals surface area (Å²) in [5, 5.41) is 26.0. The normalized spacial score (nSPS) is 11.3. The zero-order chi connectivity index (χ0) is 19.4. The van der Waals surface area contributed by atoms with Crippen molar-refractivity contribution in [3.8, 4) is 34.3 Å². The quantitative estimate of drug-likeness (QED) is 0.437. The Bertz CT molecular complexity index is 985. The molecule has 0 spiro atoms. The Kier molecular flexibility index (Phi) is 5.46. The molecule has 0 fully saturated rings. The highest BCUT2D eigenvalue weighted by Gasteiger charge is 2.12. The lowest BCUT2D eigenvalue weighted by Crippen LogP contribution is -2.00. The van der Waals surface area contributed by atoms with Gasteiger partial charge in [-0.15, -0.1) is 11.3 Å². The number of nitrogens with zero attached hydrogens (tertiary/aromatic N) is 2. The molecule has 0 atom stereocenters. The van der Waals surface area contributed by atoms with Gasteiger partial charge in [0.25, 0.3) is 0 Å². The number of ether oxygens (including phenoxy) is 2. The molecular weight excluding hydrogens is 366 g/mol. The summed E-state index contributed by atoms with van der Waals surface area (Å²) in [4.78, 5) is 4.53. The number of anilines is 1. The molecule has 0 bridgehead atoms. The maximum atomic E-state index is 9.91. The number of thiazole rings is 1. The average molecular weight is 385 g/mol. The Balaban J connectivity index is 1.82. The minimum atomic E-state index is -0.0426. The van der Waals surface area contributed by atoms with E-state index < -0.39 is 0 Å². The van der Waals surface area contributed by atoms with E-state index in [1.54, 1.807) is 27.2 Å². The van der Waals surface area contributed by atoms with Crippen molar-refractivity contribution in [2.24, 2.45) is 5.10 Å². The van der Waals surface area contributed by atoms with Gasteiger partial charge in [-0.1, -0.05) is 0 Å². The number of hydrogen-bond acceptors (Lipinski definition) is 8. The van der Waals surface area contributed by atoms with Crippen LogP contribution in [0.2, 0.25) is 0 Å². The Morgan fingerprint density at radius 3 is 2.63 bits per heavy atom. The lowest BCUT2D eigenvalue weighted by molar-refractivity contribution is 0.404. The third-order valence-corrected chi connectivity index (χ3v) is 4.62. The van der Waals surface area contributed by atoms with E-state index in [0.717, 1.165) is 11.3 Å². The van der Waals surface area contributed by atoms with Crippen LogP contribution >= 0.6 is 11.3 Å². The minimum Gasteiger partial charge on any atom is -0.508 e. The fourth-order valence-electron chi connectivity index (χ4n) is 2.48. The summed E-state index contributed by atoms with van der Waals surface area (Å²) >= 11 is 1.39. The highest BCUT2D eigenvalue weighted by atomic mass is 32.1. The van der Waals surface area contributed by atoms with Gasteiger partial charge in [0, 0.05) is 22.6 Å². The van der Waals surface area contributed by atoms with E-state index in [-0.39, 0.29) is 11.5 Å². The van der Waals surface area contributed by atoms with Crippen LogP contribution in [0.25, 0.3) is 11.3 Å². The Labute approximate surface area is 160 Å². The molecular formula is C19H19N3O4S. The molecule has 2 aromatic carbocycles. The van der Waals surface area contributed by atoms with Crippen LogP contribution in [0.5, 0.6) is 23.0 Å². The van der Waals surface area contributed by atoms with Crippen LogP contribution in [-0.2, 0) is 0 Å². The fourth-order valence-corrected chi connectivity index (χ4v) is 3.13. The predicted octanol–water partition coefficient (Wildman–Crippen LogP) is 4.07. The standard InChI is InChI=1S/C19H19N3O4S/c1-11(14-6-4-12(23)8-17(14)24)21-22-19-20-16(10-27-19)15-9-13(25-2)5-7-18(15)26-3/h4-10,23-24H,1-3H3,(H,20,22)/b21-11+. The molecule has 140 valence electrons. The first kappa shape index (κ1) is 18.5. The number of methoxy groups -OCH3 is 2. The van der Waals surface area contributed by atoms with Crippen LogP contribution in [0.3, 0.4) is 0 Å². The molecule has 1 aromatic heterocycles. The second kappa shape index (κ2) is 7.96. The smallest absolute Gasteiger partial charge is 0.203 e. The molecule has 0 aliphatic heterocycles. The van der Waals surface area contributed by atoms with E-state index in [1.807, 2.05) is 23.6 Å². The zero-order valence-corrected chi connectivity index (χ0v) is 15.9. The second-order valence-corrected chi connectivity index (χ2v) is 6.47. The van der Waals surface area contributed by atoms with Gasteiger partial charge in [0.05, 0.1) is 25.6 Å². The molecule has 0 saturated carbocycles. The summed E-state index contributed by atoms with van der Waals surface area (Å²) < 4.78 is 10.7. The molecule has 3 rings (SSSR count). The van der Waals surface area contributed by atoms with Gasteiger partial charge in [0.2, 0.25) is 5.13 Å². The molecule has 3 aromatic rings.